The molecule has 1 atom stereocenters. The predicted octanol–water partition coefficient (Wildman–Crippen LogP) is 3.75. The largest absolute Gasteiger partial charge is 0.298 e. The van der Waals surface area contributed by atoms with Gasteiger partial charge in [-0.3, -0.25) is 4.79 Å². The number of nitriles is 1. The molecule has 1 saturated carbocycles. The summed E-state index contributed by atoms with van der Waals surface area (Å²) in [5.74, 6) is -0.344. The molecule has 1 fully saturated rings. The van der Waals surface area contributed by atoms with Crippen molar-refractivity contribution in [1.82, 2.24) is 0 Å². The molecule has 1 aliphatic carbocycles. The van der Waals surface area contributed by atoms with Crippen LogP contribution in [0.15, 0.2) is 24.3 Å². The van der Waals surface area contributed by atoms with E-state index in [1.165, 1.54) is 6.42 Å². The Morgan fingerprint density at radius 2 is 1.94 bits per heavy atom. The van der Waals surface area contributed by atoms with Gasteiger partial charge in [0.2, 0.25) is 0 Å². The fourth-order valence-corrected chi connectivity index (χ4v) is 2.82. The lowest BCUT2D eigenvalue weighted by Gasteiger charge is -2.23. The molecule has 0 heterocycles. The third-order valence-corrected chi connectivity index (χ3v) is 3.92. The highest BCUT2D eigenvalue weighted by Crippen LogP contribution is 2.31. The molecule has 1 aromatic carbocycles. The van der Waals surface area contributed by atoms with Crippen molar-refractivity contribution >= 4 is 5.78 Å². The van der Waals surface area contributed by atoms with Crippen molar-refractivity contribution in [1.29, 1.82) is 5.26 Å². The van der Waals surface area contributed by atoms with Crippen molar-refractivity contribution in [2.24, 2.45) is 5.92 Å². The number of carbonyl (C=O) groups is 1. The SMILES string of the molecule is Cc1ccccc1C(C#N)C(=O)C1CCCCC1. The van der Waals surface area contributed by atoms with Gasteiger partial charge >= 0.3 is 0 Å². The van der Waals surface area contributed by atoms with Crippen molar-refractivity contribution < 1.29 is 4.79 Å². The van der Waals surface area contributed by atoms with E-state index in [1.54, 1.807) is 0 Å². The van der Waals surface area contributed by atoms with Crippen LogP contribution in [0, 0.1) is 24.2 Å². The number of aryl methyl sites for hydroxylation is 1. The van der Waals surface area contributed by atoms with E-state index in [1.807, 2.05) is 31.2 Å². The Bertz CT molecular complexity index is 466. The van der Waals surface area contributed by atoms with Crippen molar-refractivity contribution in [3.8, 4) is 6.07 Å². The van der Waals surface area contributed by atoms with Crippen LogP contribution in [-0.4, -0.2) is 5.78 Å². The lowest BCUT2D eigenvalue weighted by atomic mass is 9.79. The molecule has 2 heteroatoms. The third-order valence-electron chi connectivity index (χ3n) is 3.92. The summed E-state index contributed by atoms with van der Waals surface area (Å²) in [7, 11) is 0. The number of Topliss-reactive ketones (excluding diaryl/α,β-unsaturated/α-hetero) is 1. The second kappa shape index (κ2) is 5.82. The number of rotatable bonds is 3. The Labute approximate surface area is 109 Å². The molecule has 0 aliphatic heterocycles. The van der Waals surface area contributed by atoms with E-state index in [-0.39, 0.29) is 11.7 Å². The second-order valence-electron chi connectivity index (χ2n) is 5.16. The molecule has 0 radical (unpaired) electrons. The minimum atomic E-state index is -0.575. The average Bonchev–Trinajstić information content (AvgIpc) is 2.42. The number of nitrogens with zero attached hydrogens (tertiary/aromatic N) is 1. The number of hydrogen-bond donors (Lipinski definition) is 0. The Hall–Kier alpha value is -1.62. The zero-order valence-corrected chi connectivity index (χ0v) is 10.9. The van der Waals surface area contributed by atoms with Gasteiger partial charge in [0.15, 0.2) is 5.78 Å². The zero-order chi connectivity index (χ0) is 13.0. The van der Waals surface area contributed by atoms with Crippen molar-refractivity contribution in [3.05, 3.63) is 35.4 Å². The average molecular weight is 241 g/mol. The molecule has 2 nitrogen and oxygen atoms in total. The smallest absolute Gasteiger partial charge is 0.157 e. The summed E-state index contributed by atoms with van der Waals surface area (Å²) in [6, 6.07) is 9.93. The van der Waals surface area contributed by atoms with E-state index < -0.39 is 5.92 Å². The molecule has 0 N–H and O–H groups in total. The first-order valence-corrected chi connectivity index (χ1v) is 6.73. The zero-order valence-electron chi connectivity index (χ0n) is 10.9. The maximum atomic E-state index is 12.5. The van der Waals surface area contributed by atoms with Gasteiger partial charge in [0.1, 0.15) is 5.92 Å². The summed E-state index contributed by atoms with van der Waals surface area (Å²) >= 11 is 0. The number of ketones is 1. The van der Waals surface area contributed by atoms with Crippen molar-refractivity contribution in [2.75, 3.05) is 0 Å². The first kappa shape index (κ1) is 12.8. The minimum Gasteiger partial charge on any atom is -0.298 e. The van der Waals surface area contributed by atoms with E-state index in [0.29, 0.717) is 0 Å². The van der Waals surface area contributed by atoms with Crippen LogP contribution >= 0.6 is 0 Å². The van der Waals surface area contributed by atoms with Gasteiger partial charge in [-0.25, -0.2) is 0 Å². The lowest BCUT2D eigenvalue weighted by Crippen LogP contribution is -2.24. The minimum absolute atomic E-state index is 0.100. The standard InChI is InChI=1S/C16H19NO/c1-12-7-5-6-10-14(12)15(11-17)16(18)13-8-3-2-4-9-13/h5-7,10,13,15H,2-4,8-9H2,1H3. The molecule has 0 aromatic heterocycles. The van der Waals surface area contributed by atoms with Gasteiger partial charge < -0.3 is 0 Å². The highest BCUT2D eigenvalue weighted by atomic mass is 16.1. The molecular formula is C16H19NO. The molecule has 0 amide bonds. The van der Waals surface area contributed by atoms with Crippen LogP contribution in [0.25, 0.3) is 0 Å². The Morgan fingerprint density at radius 1 is 1.28 bits per heavy atom. The molecule has 0 bridgehead atoms. The van der Waals surface area contributed by atoms with Crippen LogP contribution in [0.3, 0.4) is 0 Å². The maximum absolute atomic E-state index is 12.5. The molecule has 1 aliphatic rings. The first-order chi connectivity index (χ1) is 8.74. The van der Waals surface area contributed by atoms with Crippen LogP contribution in [0.1, 0.15) is 49.1 Å². The highest BCUT2D eigenvalue weighted by molar-refractivity contribution is 5.90. The van der Waals surface area contributed by atoms with Gasteiger partial charge in [0.05, 0.1) is 6.07 Å². The normalized spacial score (nSPS) is 18.0. The number of carbonyl (C=O) groups excluding carboxylic acids is 1. The Balaban J connectivity index is 2.21. The van der Waals surface area contributed by atoms with Crippen LogP contribution in [0.4, 0.5) is 0 Å². The summed E-state index contributed by atoms with van der Waals surface area (Å²) in [5, 5.41) is 9.33. The Morgan fingerprint density at radius 3 is 2.56 bits per heavy atom. The van der Waals surface area contributed by atoms with Gasteiger partial charge in [-0.15, -0.1) is 0 Å². The van der Waals surface area contributed by atoms with Crippen LogP contribution in [-0.2, 0) is 4.79 Å². The van der Waals surface area contributed by atoms with Gasteiger partial charge in [0.25, 0.3) is 0 Å². The molecule has 0 spiro atoms. The van der Waals surface area contributed by atoms with E-state index in [0.717, 1.165) is 36.8 Å². The molecule has 18 heavy (non-hydrogen) atoms. The monoisotopic (exact) mass is 241 g/mol. The molecule has 94 valence electrons. The highest BCUT2D eigenvalue weighted by Gasteiger charge is 2.29. The molecule has 1 aromatic rings. The quantitative estimate of drug-likeness (QED) is 0.808. The fourth-order valence-electron chi connectivity index (χ4n) is 2.82. The topological polar surface area (TPSA) is 40.9 Å². The van der Waals surface area contributed by atoms with Crippen LogP contribution in [0.5, 0.6) is 0 Å². The van der Waals surface area contributed by atoms with E-state index in [4.69, 9.17) is 0 Å². The number of hydrogen-bond acceptors (Lipinski definition) is 2. The summed E-state index contributed by atoms with van der Waals surface area (Å²) < 4.78 is 0. The second-order valence-corrected chi connectivity index (χ2v) is 5.16. The van der Waals surface area contributed by atoms with Crippen molar-refractivity contribution in [3.63, 3.8) is 0 Å². The molecule has 1 unspecified atom stereocenters. The van der Waals surface area contributed by atoms with Gasteiger partial charge in [-0.1, -0.05) is 43.5 Å². The molecular weight excluding hydrogens is 222 g/mol. The lowest BCUT2D eigenvalue weighted by molar-refractivity contribution is -0.124. The van der Waals surface area contributed by atoms with Gasteiger partial charge in [0, 0.05) is 5.92 Å². The van der Waals surface area contributed by atoms with E-state index >= 15 is 0 Å². The maximum Gasteiger partial charge on any atom is 0.157 e. The Kier molecular flexibility index (Phi) is 4.15. The van der Waals surface area contributed by atoms with E-state index in [9.17, 15) is 10.1 Å². The van der Waals surface area contributed by atoms with Crippen LogP contribution in [0.2, 0.25) is 0 Å². The van der Waals surface area contributed by atoms with Gasteiger partial charge in [-0.05, 0) is 30.9 Å². The summed E-state index contributed by atoms with van der Waals surface area (Å²) in [4.78, 5) is 12.5. The van der Waals surface area contributed by atoms with Gasteiger partial charge in [-0.2, -0.15) is 5.26 Å². The number of benzene rings is 1. The molecule has 0 saturated heterocycles. The van der Waals surface area contributed by atoms with Crippen LogP contribution < -0.4 is 0 Å². The summed E-state index contributed by atoms with van der Waals surface area (Å²) in [6.07, 6.45) is 5.40. The molecule has 2 rings (SSSR count). The fraction of sp³-hybridized carbons (Fsp3) is 0.500. The summed E-state index contributed by atoms with van der Waals surface area (Å²) in [6.45, 7) is 1.97. The van der Waals surface area contributed by atoms with Crippen molar-refractivity contribution in [2.45, 2.75) is 44.9 Å². The summed E-state index contributed by atoms with van der Waals surface area (Å²) in [5.41, 5.74) is 1.92. The predicted molar refractivity (Wildman–Crippen MR) is 71.1 cm³/mol. The van der Waals surface area contributed by atoms with E-state index in [2.05, 4.69) is 6.07 Å². The third kappa shape index (κ3) is 2.61. The first-order valence-electron chi connectivity index (χ1n) is 6.73.